The molecule has 8 heteroatoms. The van der Waals surface area contributed by atoms with Crippen molar-refractivity contribution in [3.8, 4) is 5.88 Å². The summed E-state index contributed by atoms with van der Waals surface area (Å²) in [5.74, 6) is -1.80. The van der Waals surface area contributed by atoms with Crippen LogP contribution >= 0.6 is 15.9 Å². The minimum atomic E-state index is -3.04. The Labute approximate surface area is 78.8 Å². The Morgan fingerprint density at radius 2 is 2.31 bits per heavy atom. The third-order valence-electron chi connectivity index (χ3n) is 1.09. The number of aromatic nitrogens is 2. The first-order valence-corrected chi connectivity index (χ1v) is 3.73. The summed E-state index contributed by atoms with van der Waals surface area (Å²) < 4.78 is 27.1. The van der Waals surface area contributed by atoms with Gasteiger partial charge in [0.25, 0.3) is 5.88 Å². The Balaban J connectivity index is 2.93. The van der Waals surface area contributed by atoms with Crippen molar-refractivity contribution in [3.05, 3.63) is 10.2 Å². The average Bonchev–Trinajstić information content (AvgIpc) is 2.32. The van der Waals surface area contributed by atoms with Crippen LogP contribution in [0.15, 0.2) is 4.47 Å². The van der Waals surface area contributed by atoms with E-state index in [0.29, 0.717) is 0 Å². The van der Waals surface area contributed by atoms with Gasteiger partial charge < -0.3 is 9.84 Å². The summed E-state index contributed by atoms with van der Waals surface area (Å²) in [5, 5.41) is 13.7. The number of rotatable bonds is 3. The summed E-state index contributed by atoms with van der Waals surface area (Å²) in [6, 6.07) is 0. The predicted octanol–water partition coefficient (Wildman–Crippen LogP) is 1.47. The molecule has 1 aromatic heterocycles. The number of aromatic amines is 1. The molecule has 0 spiro atoms. The summed E-state index contributed by atoms with van der Waals surface area (Å²) in [7, 11) is 0. The third-order valence-corrected chi connectivity index (χ3v) is 1.83. The Hall–Kier alpha value is -1.18. The van der Waals surface area contributed by atoms with E-state index in [1.54, 1.807) is 0 Å². The van der Waals surface area contributed by atoms with Gasteiger partial charge in [-0.1, -0.05) is 0 Å². The fourth-order valence-electron chi connectivity index (χ4n) is 0.616. The standard InChI is InChI=1S/C5H3BrF2N2O3/c6-1-2(4(11)12)9-10-3(1)13-5(7)8/h5H,(H,9,10)(H,11,12). The van der Waals surface area contributed by atoms with Crippen molar-refractivity contribution in [1.82, 2.24) is 10.2 Å². The highest BCUT2D eigenvalue weighted by Gasteiger charge is 2.19. The lowest BCUT2D eigenvalue weighted by molar-refractivity contribution is -0.0534. The molecule has 0 bridgehead atoms. The van der Waals surface area contributed by atoms with Gasteiger partial charge in [0.2, 0.25) is 0 Å². The first-order chi connectivity index (χ1) is 6.02. The first kappa shape index (κ1) is 9.90. The van der Waals surface area contributed by atoms with Crippen LogP contribution in [0.25, 0.3) is 0 Å². The average molecular weight is 257 g/mol. The van der Waals surface area contributed by atoms with Crippen LogP contribution in [0.5, 0.6) is 5.88 Å². The van der Waals surface area contributed by atoms with E-state index in [-0.39, 0.29) is 10.2 Å². The number of hydrogen-bond donors (Lipinski definition) is 2. The molecule has 0 unspecified atom stereocenters. The zero-order valence-electron chi connectivity index (χ0n) is 5.92. The highest BCUT2D eigenvalue weighted by molar-refractivity contribution is 9.10. The molecule has 0 saturated carbocycles. The SMILES string of the molecule is O=C(O)c1[nH]nc(OC(F)F)c1Br. The molecular weight excluding hydrogens is 254 g/mol. The number of carbonyl (C=O) groups is 1. The molecule has 0 aliphatic rings. The number of carboxylic acids is 1. The Morgan fingerprint density at radius 1 is 1.69 bits per heavy atom. The molecule has 0 atom stereocenters. The Morgan fingerprint density at radius 3 is 2.69 bits per heavy atom. The molecule has 1 rings (SSSR count). The normalized spacial score (nSPS) is 10.5. The van der Waals surface area contributed by atoms with Crippen molar-refractivity contribution < 1.29 is 23.4 Å². The number of H-pyrrole nitrogens is 1. The van der Waals surface area contributed by atoms with Gasteiger partial charge in [0.1, 0.15) is 4.47 Å². The lowest BCUT2D eigenvalue weighted by Gasteiger charge is -1.98. The predicted molar refractivity (Wildman–Crippen MR) is 39.9 cm³/mol. The smallest absolute Gasteiger partial charge is 0.388 e. The second-order valence-corrected chi connectivity index (χ2v) is 2.69. The minimum Gasteiger partial charge on any atom is -0.476 e. The zero-order valence-corrected chi connectivity index (χ0v) is 7.51. The molecule has 0 aliphatic carbocycles. The van der Waals surface area contributed by atoms with Crippen LogP contribution in [0.1, 0.15) is 10.5 Å². The van der Waals surface area contributed by atoms with Crippen molar-refractivity contribution in [1.29, 1.82) is 0 Å². The zero-order chi connectivity index (χ0) is 10.0. The van der Waals surface area contributed by atoms with Crippen molar-refractivity contribution in [3.63, 3.8) is 0 Å². The maximum absolute atomic E-state index is 11.7. The highest BCUT2D eigenvalue weighted by Crippen LogP contribution is 2.26. The molecular formula is C5H3BrF2N2O3. The molecule has 72 valence electrons. The van der Waals surface area contributed by atoms with E-state index in [4.69, 9.17) is 5.11 Å². The summed E-state index contributed by atoms with van der Waals surface area (Å²) >= 11 is 2.75. The maximum Gasteiger partial charge on any atom is 0.388 e. The van der Waals surface area contributed by atoms with Crippen molar-refractivity contribution in [2.45, 2.75) is 6.61 Å². The van der Waals surface area contributed by atoms with Gasteiger partial charge in [0.15, 0.2) is 5.69 Å². The number of aromatic carboxylic acids is 1. The monoisotopic (exact) mass is 256 g/mol. The number of halogens is 3. The fraction of sp³-hybridized carbons (Fsp3) is 0.200. The fourth-order valence-corrected chi connectivity index (χ4v) is 1.06. The van der Waals surface area contributed by atoms with Crippen LogP contribution in [0.3, 0.4) is 0 Å². The van der Waals surface area contributed by atoms with E-state index in [0.717, 1.165) is 0 Å². The van der Waals surface area contributed by atoms with Gasteiger partial charge in [-0.05, 0) is 15.9 Å². The molecule has 0 amide bonds. The number of nitrogens with zero attached hydrogens (tertiary/aromatic N) is 1. The van der Waals surface area contributed by atoms with E-state index in [1.807, 2.05) is 5.10 Å². The van der Waals surface area contributed by atoms with E-state index in [1.165, 1.54) is 0 Å². The topological polar surface area (TPSA) is 75.2 Å². The van der Waals surface area contributed by atoms with E-state index >= 15 is 0 Å². The summed E-state index contributed by atoms with van der Waals surface area (Å²) in [5.41, 5.74) is -0.337. The molecule has 0 fully saturated rings. The minimum absolute atomic E-state index is 0.139. The lowest BCUT2D eigenvalue weighted by atomic mass is 10.4. The molecule has 0 radical (unpaired) electrons. The van der Waals surface area contributed by atoms with E-state index in [2.05, 4.69) is 25.8 Å². The number of nitrogens with one attached hydrogen (secondary N) is 1. The molecule has 1 aromatic rings. The summed E-state index contributed by atoms with van der Waals surface area (Å²) in [6.45, 7) is -3.04. The van der Waals surface area contributed by atoms with Crippen LogP contribution in [0.4, 0.5) is 8.78 Å². The van der Waals surface area contributed by atoms with Gasteiger partial charge in [-0.2, -0.15) is 8.78 Å². The number of hydrogen-bond acceptors (Lipinski definition) is 3. The summed E-state index contributed by atoms with van der Waals surface area (Å²) in [6.07, 6.45) is 0. The van der Waals surface area contributed by atoms with Crippen molar-refractivity contribution in [2.75, 3.05) is 0 Å². The second-order valence-electron chi connectivity index (χ2n) is 1.90. The van der Waals surface area contributed by atoms with Gasteiger partial charge in [0.05, 0.1) is 0 Å². The summed E-state index contributed by atoms with van der Waals surface area (Å²) in [4.78, 5) is 10.4. The molecule has 1 heterocycles. The van der Waals surface area contributed by atoms with Crippen LogP contribution < -0.4 is 4.74 Å². The molecule has 0 aliphatic heterocycles. The lowest BCUT2D eigenvalue weighted by Crippen LogP contribution is -2.02. The largest absolute Gasteiger partial charge is 0.476 e. The van der Waals surface area contributed by atoms with E-state index < -0.39 is 18.5 Å². The quantitative estimate of drug-likeness (QED) is 0.859. The Kier molecular flexibility index (Phi) is 2.81. The second kappa shape index (κ2) is 3.69. The number of carboxylic acid groups (broad SMARTS) is 1. The van der Waals surface area contributed by atoms with Crippen molar-refractivity contribution >= 4 is 21.9 Å². The Bertz CT molecular complexity index is 328. The van der Waals surface area contributed by atoms with Crippen LogP contribution in [-0.2, 0) is 0 Å². The molecule has 2 N–H and O–H groups in total. The molecule has 0 saturated heterocycles. The van der Waals surface area contributed by atoms with Crippen molar-refractivity contribution in [2.24, 2.45) is 0 Å². The molecule has 5 nitrogen and oxygen atoms in total. The van der Waals surface area contributed by atoms with Crippen LogP contribution in [0.2, 0.25) is 0 Å². The molecule has 13 heavy (non-hydrogen) atoms. The van der Waals surface area contributed by atoms with E-state index in [9.17, 15) is 13.6 Å². The highest BCUT2D eigenvalue weighted by atomic mass is 79.9. The van der Waals surface area contributed by atoms with Crippen LogP contribution in [0, 0.1) is 0 Å². The third kappa shape index (κ3) is 2.14. The first-order valence-electron chi connectivity index (χ1n) is 2.94. The van der Waals surface area contributed by atoms with Gasteiger partial charge in [-0.3, -0.25) is 5.10 Å². The molecule has 0 aromatic carbocycles. The van der Waals surface area contributed by atoms with Gasteiger partial charge in [-0.15, -0.1) is 5.10 Å². The maximum atomic E-state index is 11.7. The van der Waals surface area contributed by atoms with Crippen LogP contribution in [-0.4, -0.2) is 27.9 Å². The number of alkyl halides is 2. The van der Waals surface area contributed by atoms with Gasteiger partial charge in [0, 0.05) is 0 Å². The van der Waals surface area contributed by atoms with Gasteiger partial charge in [-0.25, -0.2) is 4.79 Å². The number of ether oxygens (including phenoxy) is 1. The van der Waals surface area contributed by atoms with Gasteiger partial charge >= 0.3 is 12.6 Å².